The van der Waals surface area contributed by atoms with Crippen molar-refractivity contribution in [1.29, 1.82) is 0 Å². The van der Waals surface area contributed by atoms with Gasteiger partial charge in [0.05, 0.1) is 6.20 Å². The lowest BCUT2D eigenvalue weighted by atomic mass is 9.91. The molecule has 4 heterocycles. The van der Waals surface area contributed by atoms with Crippen molar-refractivity contribution in [3.63, 3.8) is 0 Å². The van der Waals surface area contributed by atoms with Crippen LogP contribution in [0.3, 0.4) is 0 Å². The average molecular weight is 669 g/mol. The second-order valence-corrected chi connectivity index (χ2v) is 13.2. The van der Waals surface area contributed by atoms with Crippen molar-refractivity contribution in [2.45, 2.75) is 6.17 Å². The number of rotatable bonds is 4. The summed E-state index contributed by atoms with van der Waals surface area (Å²) in [6.45, 7) is 0. The highest BCUT2D eigenvalue weighted by Crippen LogP contribution is 2.42. The van der Waals surface area contributed by atoms with Crippen molar-refractivity contribution in [3.8, 4) is 11.1 Å². The number of benzene rings is 7. The van der Waals surface area contributed by atoms with E-state index in [0.717, 1.165) is 99.1 Å². The van der Waals surface area contributed by atoms with E-state index in [4.69, 9.17) is 23.8 Å². The molecular weight excluding hydrogens is 641 g/mol. The molecule has 0 bridgehead atoms. The van der Waals surface area contributed by atoms with Crippen LogP contribution in [0.2, 0.25) is 0 Å². The van der Waals surface area contributed by atoms with Crippen LogP contribution in [0.15, 0.2) is 177 Å². The van der Waals surface area contributed by atoms with Crippen molar-refractivity contribution >= 4 is 77.1 Å². The van der Waals surface area contributed by atoms with Gasteiger partial charge < -0.3 is 14.2 Å². The fourth-order valence-corrected chi connectivity index (χ4v) is 7.85. The van der Waals surface area contributed by atoms with Gasteiger partial charge in [0.25, 0.3) is 0 Å². The molecule has 0 fully saturated rings. The molecule has 1 aliphatic heterocycles. The number of hydrogen-bond donors (Lipinski definition) is 1. The van der Waals surface area contributed by atoms with E-state index < -0.39 is 6.17 Å². The van der Waals surface area contributed by atoms with E-state index in [0.29, 0.717) is 5.84 Å². The Labute approximate surface area is 297 Å². The molecule has 244 valence electrons. The molecule has 0 amide bonds. The average Bonchev–Trinajstić information content (AvgIpc) is 3.77. The van der Waals surface area contributed by atoms with Gasteiger partial charge in [-0.25, -0.2) is 9.98 Å². The van der Waals surface area contributed by atoms with Crippen molar-refractivity contribution in [3.05, 3.63) is 175 Å². The maximum Gasteiger partial charge on any atom is 0.159 e. The summed E-state index contributed by atoms with van der Waals surface area (Å²) in [5.41, 5.74) is 8.14. The van der Waals surface area contributed by atoms with Crippen LogP contribution in [0.5, 0.6) is 0 Å². The molecule has 3 aromatic heterocycles. The Morgan fingerprint density at radius 1 is 0.500 bits per heavy atom. The van der Waals surface area contributed by atoms with Gasteiger partial charge in [-0.2, -0.15) is 0 Å². The van der Waals surface area contributed by atoms with E-state index in [-0.39, 0.29) is 0 Å². The number of aliphatic imine (C=N–C) groups is 2. The Hall–Kier alpha value is -7.05. The summed E-state index contributed by atoms with van der Waals surface area (Å²) in [6, 6.07) is 50.1. The predicted molar refractivity (Wildman–Crippen MR) is 211 cm³/mol. The van der Waals surface area contributed by atoms with Crippen LogP contribution in [0.25, 0.3) is 76.5 Å². The van der Waals surface area contributed by atoms with Crippen LogP contribution in [-0.4, -0.2) is 16.7 Å². The van der Waals surface area contributed by atoms with Crippen molar-refractivity contribution in [2.24, 2.45) is 9.98 Å². The van der Waals surface area contributed by atoms with Crippen LogP contribution in [0.1, 0.15) is 22.9 Å². The van der Waals surface area contributed by atoms with Gasteiger partial charge >= 0.3 is 0 Å². The van der Waals surface area contributed by atoms with E-state index in [1.165, 1.54) is 0 Å². The summed E-state index contributed by atoms with van der Waals surface area (Å²) in [6.07, 6.45) is 3.31. The lowest BCUT2D eigenvalue weighted by Crippen LogP contribution is -2.34. The molecule has 0 aliphatic carbocycles. The summed E-state index contributed by atoms with van der Waals surface area (Å²) < 4.78 is 12.8. The monoisotopic (exact) mass is 668 g/mol. The molecule has 1 aliphatic rings. The van der Waals surface area contributed by atoms with E-state index >= 15 is 0 Å². The number of fused-ring (bicyclic) bond motifs is 8. The first-order valence-corrected chi connectivity index (χ1v) is 17.4. The van der Waals surface area contributed by atoms with Gasteiger partial charge in [0, 0.05) is 50.0 Å². The molecular formula is C46H28N4O2. The summed E-state index contributed by atoms with van der Waals surface area (Å²) in [5, 5.41) is 12.4. The van der Waals surface area contributed by atoms with Crippen molar-refractivity contribution in [2.75, 3.05) is 0 Å². The van der Waals surface area contributed by atoms with Gasteiger partial charge in [0.2, 0.25) is 0 Å². The standard InChI is InChI=1S/C46H28N4O2/c1-2-12-28(13-3-1)44-48-45(34-18-10-20-38-41(34)33-17-8-9-19-37(33)51-38)50-46(49-44)43-31-16-7-6-11-27(31)21-22-32(43)36-25-47-26-40-42(36)35-23-29-14-4-5-15-30(29)24-39(35)52-40/h1-26,45H,(H,48,49,50). The predicted octanol–water partition coefficient (Wildman–Crippen LogP) is 11.3. The van der Waals surface area contributed by atoms with E-state index in [1.54, 1.807) is 0 Å². The highest BCUT2D eigenvalue weighted by molar-refractivity contribution is 6.23. The van der Waals surface area contributed by atoms with Crippen LogP contribution in [0, 0.1) is 0 Å². The van der Waals surface area contributed by atoms with E-state index in [9.17, 15) is 0 Å². The molecule has 6 nitrogen and oxygen atoms in total. The number of furan rings is 2. The summed E-state index contributed by atoms with van der Waals surface area (Å²) in [4.78, 5) is 15.3. The quantitative estimate of drug-likeness (QED) is 0.202. The van der Waals surface area contributed by atoms with Gasteiger partial charge in [0.15, 0.2) is 11.4 Å². The molecule has 11 rings (SSSR count). The van der Waals surface area contributed by atoms with E-state index in [2.05, 4.69) is 102 Å². The van der Waals surface area contributed by atoms with Crippen LogP contribution in [0.4, 0.5) is 0 Å². The van der Waals surface area contributed by atoms with Gasteiger partial charge in [-0.05, 0) is 51.4 Å². The van der Waals surface area contributed by atoms with Crippen molar-refractivity contribution in [1.82, 2.24) is 10.3 Å². The highest BCUT2D eigenvalue weighted by Gasteiger charge is 2.28. The van der Waals surface area contributed by atoms with Crippen LogP contribution < -0.4 is 5.32 Å². The number of amidine groups is 2. The Balaban J connectivity index is 1.18. The number of pyridine rings is 1. The molecule has 10 aromatic rings. The lowest BCUT2D eigenvalue weighted by molar-refractivity contribution is 0.662. The summed E-state index contributed by atoms with van der Waals surface area (Å²) in [5.74, 6) is 1.38. The summed E-state index contributed by atoms with van der Waals surface area (Å²) >= 11 is 0. The number of nitrogens with zero attached hydrogens (tertiary/aromatic N) is 3. The van der Waals surface area contributed by atoms with E-state index in [1.807, 2.05) is 60.9 Å². The Kier molecular flexibility index (Phi) is 6.21. The first kappa shape index (κ1) is 28.8. The molecule has 1 atom stereocenters. The number of para-hydroxylation sites is 1. The molecule has 0 saturated heterocycles. The third-order valence-electron chi connectivity index (χ3n) is 10.2. The minimum atomic E-state index is -0.450. The third kappa shape index (κ3) is 4.41. The molecule has 0 radical (unpaired) electrons. The molecule has 52 heavy (non-hydrogen) atoms. The molecule has 1 unspecified atom stereocenters. The minimum absolute atomic E-state index is 0.450. The summed E-state index contributed by atoms with van der Waals surface area (Å²) in [7, 11) is 0. The first-order valence-electron chi connectivity index (χ1n) is 17.4. The zero-order valence-electron chi connectivity index (χ0n) is 27.7. The topological polar surface area (TPSA) is 75.9 Å². The smallest absolute Gasteiger partial charge is 0.159 e. The maximum atomic E-state index is 6.48. The van der Waals surface area contributed by atoms with Gasteiger partial charge in [-0.3, -0.25) is 4.98 Å². The molecule has 0 saturated carbocycles. The first-order chi connectivity index (χ1) is 25.8. The second kappa shape index (κ2) is 11.2. The van der Waals surface area contributed by atoms with Crippen LogP contribution >= 0.6 is 0 Å². The number of nitrogens with one attached hydrogen (secondary N) is 1. The highest BCUT2D eigenvalue weighted by atomic mass is 16.3. The molecule has 6 heteroatoms. The largest absolute Gasteiger partial charge is 0.456 e. The molecule has 1 N–H and O–H groups in total. The zero-order valence-corrected chi connectivity index (χ0v) is 27.7. The lowest BCUT2D eigenvalue weighted by Gasteiger charge is -2.26. The Morgan fingerprint density at radius 2 is 1.23 bits per heavy atom. The van der Waals surface area contributed by atoms with Crippen LogP contribution in [-0.2, 0) is 0 Å². The number of hydrogen-bond acceptors (Lipinski definition) is 6. The minimum Gasteiger partial charge on any atom is -0.456 e. The van der Waals surface area contributed by atoms with Gasteiger partial charge in [-0.15, -0.1) is 0 Å². The fraction of sp³-hybridized carbons (Fsp3) is 0.0217. The second-order valence-electron chi connectivity index (χ2n) is 13.2. The van der Waals surface area contributed by atoms with Gasteiger partial charge in [-0.1, -0.05) is 121 Å². The third-order valence-corrected chi connectivity index (χ3v) is 10.2. The molecule has 7 aromatic carbocycles. The normalized spacial score (nSPS) is 14.7. The zero-order chi connectivity index (χ0) is 34.2. The SMILES string of the molecule is c1ccc(C2=NC(c3cccc4oc5ccccc5c34)NC(c3c(-c4cncc5oc6cc7ccccc7cc6c45)ccc4ccccc34)=N2)cc1. The molecule has 0 spiro atoms. The maximum absolute atomic E-state index is 6.48. The van der Waals surface area contributed by atoms with Crippen molar-refractivity contribution < 1.29 is 8.83 Å². The Morgan fingerprint density at radius 3 is 2.12 bits per heavy atom. The number of aromatic nitrogens is 1. The Bertz CT molecular complexity index is 3120. The van der Waals surface area contributed by atoms with Gasteiger partial charge in [0.1, 0.15) is 28.8 Å². The fourth-order valence-electron chi connectivity index (χ4n) is 7.85.